The molecule has 0 aliphatic heterocycles. The van der Waals surface area contributed by atoms with E-state index >= 15 is 0 Å². The molecule has 0 aliphatic rings. The van der Waals surface area contributed by atoms with Crippen LogP contribution >= 0.6 is 23.2 Å². The molecule has 1 heterocycles. The van der Waals surface area contributed by atoms with Crippen molar-refractivity contribution in [2.24, 2.45) is 0 Å². The number of halogens is 5. The van der Waals surface area contributed by atoms with Crippen molar-refractivity contribution in [1.82, 2.24) is 14.7 Å². The van der Waals surface area contributed by atoms with Gasteiger partial charge >= 0.3 is 6.36 Å². The van der Waals surface area contributed by atoms with Crippen molar-refractivity contribution in [1.29, 1.82) is 0 Å². The zero-order chi connectivity index (χ0) is 21.2. The summed E-state index contributed by atoms with van der Waals surface area (Å²) >= 11 is 12.2. The molecule has 9 heteroatoms. The van der Waals surface area contributed by atoms with Gasteiger partial charge in [0, 0.05) is 18.3 Å². The van der Waals surface area contributed by atoms with E-state index in [0.29, 0.717) is 16.6 Å². The molecule has 0 bridgehead atoms. The van der Waals surface area contributed by atoms with Crippen LogP contribution in [-0.4, -0.2) is 41.7 Å². The smallest absolute Gasteiger partial charge is 0.406 e. The number of likely N-dealkylation sites (N-methyl/N-ethyl adjacent to an activating group) is 1. The molecule has 4 nitrogen and oxygen atoms in total. The highest BCUT2D eigenvalue weighted by atomic mass is 35.5. The number of ether oxygens (including phenoxy) is 1. The number of benzene rings is 2. The second-order valence-corrected chi connectivity index (χ2v) is 7.55. The molecule has 0 fully saturated rings. The largest absolute Gasteiger partial charge is 0.573 e. The standard InChI is InChI=1S/C20H18Cl2F3N3O/c1-27(2)12-19(14-5-8-17(21)18(22)9-14)28-11-15(10-26-28)13-3-6-16(7-4-13)29-20(23,24)25/h3-11,19H,12H2,1-2H3/t19-/m1/s1. The van der Waals surface area contributed by atoms with Crippen molar-refractivity contribution in [3.63, 3.8) is 0 Å². The maximum atomic E-state index is 12.3. The quantitative estimate of drug-likeness (QED) is 0.474. The van der Waals surface area contributed by atoms with Crippen molar-refractivity contribution in [2.45, 2.75) is 12.4 Å². The first kappa shape index (κ1) is 21.5. The van der Waals surface area contributed by atoms with Crippen LogP contribution < -0.4 is 4.74 Å². The maximum absolute atomic E-state index is 12.3. The lowest BCUT2D eigenvalue weighted by Crippen LogP contribution is -2.25. The van der Waals surface area contributed by atoms with Gasteiger partial charge in [0.1, 0.15) is 5.75 Å². The van der Waals surface area contributed by atoms with E-state index in [1.54, 1.807) is 29.1 Å². The summed E-state index contributed by atoms with van der Waals surface area (Å²) in [5.41, 5.74) is 2.44. The molecule has 0 spiro atoms. The Kier molecular flexibility index (Phi) is 6.41. The van der Waals surface area contributed by atoms with E-state index in [-0.39, 0.29) is 11.8 Å². The Morgan fingerprint density at radius 2 is 1.72 bits per heavy atom. The van der Waals surface area contributed by atoms with Crippen LogP contribution in [0.4, 0.5) is 13.2 Å². The fourth-order valence-corrected chi connectivity index (χ4v) is 3.22. The van der Waals surface area contributed by atoms with Crippen LogP contribution in [0.3, 0.4) is 0 Å². The Bertz CT molecular complexity index is 972. The summed E-state index contributed by atoms with van der Waals surface area (Å²) in [6.07, 6.45) is -1.21. The Hall–Kier alpha value is -2.22. The predicted molar refractivity (Wildman–Crippen MR) is 108 cm³/mol. The highest BCUT2D eigenvalue weighted by molar-refractivity contribution is 6.42. The van der Waals surface area contributed by atoms with Gasteiger partial charge in [-0.2, -0.15) is 5.10 Å². The molecule has 3 rings (SSSR count). The lowest BCUT2D eigenvalue weighted by Gasteiger charge is -2.22. The fourth-order valence-electron chi connectivity index (χ4n) is 2.91. The molecule has 0 N–H and O–H groups in total. The maximum Gasteiger partial charge on any atom is 0.573 e. The Morgan fingerprint density at radius 1 is 1.03 bits per heavy atom. The summed E-state index contributed by atoms with van der Waals surface area (Å²) in [4.78, 5) is 2.03. The van der Waals surface area contributed by atoms with Crippen molar-refractivity contribution in [3.8, 4) is 16.9 Å². The Balaban J connectivity index is 1.88. The first-order chi connectivity index (χ1) is 13.6. The summed E-state index contributed by atoms with van der Waals surface area (Å²) in [5, 5.41) is 5.39. The van der Waals surface area contributed by atoms with E-state index in [1.807, 2.05) is 37.3 Å². The van der Waals surface area contributed by atoms with Crippen LogP contribution in [0.5, 0.6) is 5.75 Å². The van der Waals surface area contributed by atoms with E-state index < -0.39 is 6.36 Å². The molecule has 3 aromatic rings. The molecular formula is C20H18Cl2F3N3O. The normalized spacial score (nSPS) is 13.0. The summed E-state index contributed by atoms with van der Waals surface area (Å²) < 4.78 is 42.7. The molecule has 0 aliphatic carbocycles. The minimum absolute atomic E-state index is 0.124. The summed E-state index contributed by atoms with van der Waals surface area (Å²) in [7, 11) is 3.91. The van der Waals surface area contributed by atoms with E-state index in [0.717, 1.165) is 16.7 Å². The van der Waals surface area contributed by atoms with Crippen molar-refractivity contribution in [3.05, 3.63) is 70.5 Å². The lowest BCUT2D eigenvalue weighted by molar-refractivity contribution is -0.274. The molecule has 154 valence electrons. The molecule has 1 aromatic heterocycles. The van der Waals surface area contributed by atoms with Gasteiger partial charge in [0.15, 0.2) is 0 Å². The van der Waals surface area contributed by atoms with E-state index in [1.165, 1.54) is 12.1 Å². The highest BCUT2D eigenvalue weighted by Crippen LogP contribution is 2.30. The average Bonchev–Trinajstić information content (AvgIpc) is 3.11. The van der Waals surface area contributed by atoms with Gasteiger partial charge in [-0.25, -0.2) is 0 Å². The SMILES string of the molecule is CN(C)C[C@H](c1ccc(Cl)c(Cl)c1)n1cc(-c2ccc(OC(F)(F)F)cc2)cn1. The number of nitrogens with zero attached hydrogens (tertiary/aromatic N) is 3. The van der Waals surface area contributed by atoms with Gasteiger partial charge in [0.25, 0.3) is 0 Å². The topological polar surface area (TPSA) is 30.3 Å². The first-order valence-electron chi connectivity index (χ1n) is 8.62. The zero-order valence-electron chi connectivity index (χ0n) is 15.6. The molecular weight excluding hydrogens is 426 g/mol. The van der Waals surface area contributed by atoms with Gasteiger partial charge in [-0.3, -0.25) is 4.68 Å². The van der Waals surface area contributed by atoms with Crippen LogP contribution in [0.15, 0.2) is 54.9 Å². The summed E-state index contributed by atoms with van der Waals surface area (Å²) in [6.45, 7) is 0.664. The average molecular weight is 444 g/mol. The first-order valence-corrected chi connectivity index (χ1v) is 9.38. The molecule has 29 heavy (non-hydrogen) atoms. The number of aromatic nitrogens is 2. The van der Waals surface area contributed by atoms with Crippen LogP contribution in [0.25, 0.3) is 11.1 Å². The summed E-state index contributed by atoms with van der Waals surface area (Å²) in [5.74, 6) is -0.269. The van der Waals surface area contributed by atoms with Gasteiger partial charge in [0.05, 0.1) is 22.3 Å². The number of hydrogen-bond donors (Lipinski definition) is 0. The minimum atomic E-state index is -4.72. The van der Waals surface area contributed by atoms with Crippen molar-refractivity contribution < 1.29 is 17.9 Å². The van der Waals surface area contributed by atoms with Crippen LogP contribution in [0.1, 0.15) is 11.6 Å². The molecule has 0 saturated carbocycles. The van der Waals surface area contributed by atoms with Gasteiger partial charge in [0.2, 0.25) is 0 Å². The third-order valence-electron chi connectivity index (χ3n) is 4.21. The third kappa shape index (κ3) is 5.65. The monoisotopic (exact) mass is 443 g/mol. The molecule has 0 amide bonds. The molecule has 0 radical (unpaired) electrons. The Morgan fingerprint density at radius 3 is 2.31 bits per heavy atom. The summed E-state index contributed by atoms with van der Waals surface area (Å²) in [6, 6.07) is 11.0. The molecule has 1 atom stereocenters. The number of rotatable bonds is 6. The lowest BCUT2D eigenvalue weighted by atomic mass is 10.1. The number of hydrogen-bond acceptors (Lipinski definition) is 3. The number of alkyl halides is 3. The Labute approximate surface area is 176 Å². The van der Waals surface area contributed by atoms with Crippen LogP contribution in [0, 0.1) is 0 Å². The minimum Gasteiger partial charge on any atom is -0.406 e. The van der Waals surface area contributed by atoms with E-state index in [9.17, 15) is 13.2 Å². The second kappa shape index (κ2) is 8.65. The zero-order valence-corrected chi connectivity index (χ0v) is 17.1. The van der Waals surface area contributed by atoms with Crippen molar-refractivity contribution in [2.75, 3.05) is 20.6 Å². The molecule has 0 saturated heterocycles. The van der Waals surface area contributed by atoms with Crippen LogP contribution in [-0.2, 0) is 0 Å². The van der Waals surface area contributed by atoms with E-state index in [4.69, 9.17) is 23.2 Å². The van der Waals surface area contributed by atoms with Crippen LogP contribution in [0.2, 0.25) is 10.0 Å². The van der Waals surface area contributed by atoms with Gasteiger partial charge in [-0.1, -0.05) is 41.4 Å². The second-order valence-electron chi connectivity index (χ2n) is 6.73. The van der Waals surface area contributed by atoms with Gasteiger partial charge < -0.3 is 9.64 Å². The predicted octanol–water partition coefficient (Wildman–Crippen LogP) is 5.91. The van der Waals surface area contributed by atoms with Crippen molar-refractivity contribution >= 4 is 23.2 Å². The van der Waals surface area contributed by atoms with Gasteiger partial charge in [-0.05, 0) is 49.5 Å². The van der Waals surface area contributed by atoms with E-state index in [2.05, 4.69) is 9.84 Å². The third-order valence-corrected chi connectivity index (χ3v) is 4.95. The molecule has 2 aromatic carbocycles. The van der Waals surface area contributed by atoms with Gasteiger partial charge in [-0.15, -0.1) is 13.2 Å². The fraction of sp³-hybridized carbons (Fsp3) is 0.250. The highest BCUT2D eigenvalue weighted by Gasteiger charge is 2.31. The molecule has 0 unspecified atom stereocenters.